The van der Waals surface area contributed by atoms with Crippen molar-refractivity contribution < 1.29 is 0 Å². The Balaban J connectivity index is 2.53. The lowest BCUT2D eigenvalue weighted by atomic mass is 10.4. The van der Waals surface area contributed by atoms with Gasteiger partial charge in [-0.25, -0.2) is 20.3 Å². The van der Waals surface area contributed by atoms with Crippen LogP contribution in [0.4, 0.5) is 0 Å². The molecule has 0 atom stereocenters. The highest BCUT2D eigenvalue weighted by Crippen LogP contribution is 2.17. The Bertz CT molecular complexity index is 286. The molecule has 0 bridgehead atoms. The molecule has 0 N–H and O–H groups in total. The van der Waals surface area contributed by atoms with Crippen LogP contribution < -0.4 is 5.32 Å². The molecule has 0 saturated heterocycles. The molecule has 0 spiro atoms. The molecule has 0 aromatic heterocycles. The molecule has 2 rings (SSSR count). The van der Waals surface area contributed by atoms with E-state index < -0.39 is 0 Å². The van der Waals surface area contributed by atoms with Gasteiger partial charge in [0.05, 0.1) is 0 Å². The van der Waals surface area contributed by atoms with Crippen LogP contribution in [0.25, 0.3) is 0 Å². The fourth-order valence-electron chi connectivity index (χ4n) is 0.712. The lowest BCUT2D eigenvalue weighted by molar-refractivity contribution is 1.25. The zero-order valence-corrected chi connectivity index (χ0v) is 5.79. The average molecular weight is 151 g/mol. The van der Waals surface area contributed by atoms with Gasteiger partial charge in [0.25, 0.3) is 0 Å². The molecule has 49 valence electrons. The predicted molar refractivity (Wildman–Crippen MR) is 42.6 cm³/mol. The minimum absolute atomic E-state index is 0.572. The summed E-state index contributed by atoms with van der Waals surface area (Å²) in [5, 5.41) is 4.44. The molecule has 0 amide bonds. The minimum Gasteiger partial charge on any atom is -0.230 e. The summed E-state index contributed by atoms with van der Waals surface area (Å²) in [7, 11) is 0. The van der Waals surface area contributed by atoms with Crippen LogP contribution in [0.1, 0.15) is 0 Å². The van der Waals surface area contributed by atoms with Crippen LogP contribution in [0.2, 0.25) is 0 Å². The van der Waals surface area contributed by atoms with Gasteiger partial charge in [-0.1, -0.05) is 0 Å². The number of hydrogen-bond acceptors (Lipinski definition) is 4. The number of aliphatic imine (C=N–C) groups is 3. The summed E-state index contributed by atoms with van der Waals surface area (Å²) in [5.74, 6) is 0.597. The monoisotopic (exact) mass is 151 g/mol. The second-order valence-electron chi connectivity index (χ2n) is 1.74. The van der Waals surface area contributed by atoms with E-state index in [1.54, 1.807) is 0 Å². The third-order valence-electron chi connectivity index (χ3n) is 1.15. The van der Waals surface area contributed by atoms with Gasteiger partial charge in [0.1, 0.15) is 23.4 Å². The highest BCUT2D eigenvalue weighted by Gasteiger charge is 2.16. The van der Waals surface area contributed by atoms with Crippen LogP contribution in [0.15, 0.2) is 25.7 Å². The molecule has 4 nitrogen and oxygen atoms in total. The third kappa shape index (κ3) is 0.672. The van der Waals surface area contributed by atoms with Gasteiger partial charge in [0.15, 0.2) is 5.84 Å². The molecule has 0 aromatic carbocycles. The van der Waals surface area contributed by atoms with Gasteiger partial charge in [-0.2, -0.15) is 0 Å². The molecule has 5 heteroatoms. The summed E-state index contributed by atoms with van der Waals surface area (Å²) in [6.07, 6.45) is 2.86. The first-order valence-electron chi connectivity index (χ1n) is 2.65. The lowest BCUT2D eigenvalue weighted by Crippen LogP contribution is -2.17. The van der Waals surface area contributed by atoms with E-state index >= 15 is 0 Å². The highest BCUT2D eigenvalue weighted by atomic mass is 32.1. The van der Waals surface area contributed by atoms with Crippen molar-refractivity contribution >= 4 is 31.1 Å². The van der Waals surface area contributed by atoms with E-state index in [0.29, 0.717) is 16.6 Å². The van der Waals surface area contributed by atoms with Crippen LogP contribution in [0.5, 0.6) is 0 Å². The largest absolute Gasteiger partial charge is 0.230 e. The number of hydrogen-bond donors (Lipinski definition) is 1. The van der Waals surface area contributed by atoms with Crippen molar-refractivity contribution in [3.8, 4) is 0 Å². The van der Waals surface area contributed by atoms with Crippen molar-refractivity contribution in [2.24, 2.45) is 15.0 Å². The summed E-state index contributed by atoms with van der Waals surface area (Å²) < 4.78 is 0. The van der Waals surface area contributed by atoms with Gasteiger partial charge >= 0.3 is 0 Å². The topological polar surface area (TPSA) is 51.2 Å². The van der Waals surface area contributed by atoms with Crippen LogP contribution in [-0.4, -0.2) is 18.5 Å². The summed E-state index contributed by atoms with van der Waals surface area (Å²) in [6, 6.07) is 0. The van der Waals surface area contributed by atoms with Crippen molar-refractivity contribution in [1.82, 2.24) is 5.32 Å². The average Bonchev–Trinajstić information content (AvgIpc) is 2.36. The van der Waals surface area contributed by atoms with E-state index in [-0.39, 0.29) is 0 Å². The first-order chi connectivity index (χ1) is 4.88. The fourth-order valence-corrected chi connectivity index (χ4v) is 0.921. The molecule has 2 aliphatic heterocycles. The van der Waals surface area contributed by atoms with Gasteiger partial charge in [-0.3, -0.25) is 0 Å². The second-order valence-corrected chi connectivity index (χ2v) is 2.17. The Hall–Kier alpha value is -1.10. The van der Waals surface area contributed by atoms with Gasteiger partial charge < -0.3 is 0 Å². The third-order valence-corrected chi connectivity index (χ3v) is 1.48. The van der Waals surface area contributed by atoms with Crippen molar-refractivity contribution in [2.45, 2.75) is 0 Å². The zero-order chi connectivity index (χ0) is 6.97. The predicted octanol–water partition coefficient (Wildman–Crippen LogP) is 0.172. The molecule has 10 heavy (non-hydrogen) atoms. The van der Waals surface area contributed by atoms with Crippen molar-refractivity contribution in [3.63, 3.8) is 0 Å². The summed E-state index contributed by atoms with van der Waals surface area (Å²) in [5.41, 5.74) is 0.658. The van der Waals surface area contributed by atoms with Crippen LogP contribution >= 0.6 is 12.6 Å². The normalized spacial score (nSPS) is 20.7. The van der Waals surface area contributed by atoms with Gasteiger partial charge in [-0.05, 0) is 0 Å². The molecule has 1 radical (unpaired) electrons. The van der Waals surface area contributed by atoms with Crippen molar-refractivity contribution in [1.29, 1.82) is 0 Å². The highest BCUT2D eigenvalue weighted by molar-refractivity contribution is 7.84. The Morgan fingerprint density at radius 2 is 2.10 bits per heavy atom. The van der Waals surface area contributed by atoms with Gasteiger partial charge in [0.2, 0.25) is 0 Å². The van der Waals surface area contributed by atoms with E-state index in [1.165, 1.54) is 12.7 Å². The molecule has 0 unspecified atom stereocenters. The maximum absolute atomic E-state index is 4.06. The fraction of sp³-hybridized carbons (Fsp3) is 0. The number of fused-ring (bicyclic) bond motifs is 1. The van der Waals surface area contributed by atoms with Crippen molar-refractivity contribution in [3.05, 3.63) is 10.7 Å². The lowest BCUT2D eigenvalue weighted by Gasteiger charge is -2.03. The summed E-state index contributed by atoms with van der Waals surface area (Å²) in [4.78, 5) is 11.6. The zero-order valence-electron chi connectivity index (χ0n) is 4.89. The summed E-state index contributed by atoms with van der Waals surface area (Å²) in [6.45, 7) is 0. The van der Waals surface area contributed by atoms with E-state index in [4.69, 9.17) is 0 Å². The molecular formula is C5H3N4S. The summed E-state index contributed by atoms with van der Waals surface area (Å²) >= 11 is 4.06. The maximum Gasteiger partial charge on any atom is 0.183 e. The Morgan fingerprint density at radius 3 is 2.90 bits per heavy atom. The Kier molecular flexibility index (Phi) is 1.10. The number of thiol groups is 1. The number of amidine groups is 1. The van der Waals surface area contributed by atoms with Gasteiger partial charge in [-0.15, -0.1) is 12.6 Å². The van der Waals surface area contributed by atoms with E-state index in [9.17, 15) is 0 Å². The quantitative estimate of drug-likeness (QED) is 0.480. The first-order valence-corrected chi connectivity index (χ1v) is 3.10. The molecule has 0 fully saturated rings. The maximum atomic E-state index is 4.06. The van der Waals surface area contributed by atoms with Crippen LogP contribution in [-0.2, 0) is 0 Å². The number of rotatable bonds is 0. The molecule has 2 heterocycles. The molecule has 0 saturated carbocycles. The Labute approximate surface area is 62.9 Å². The van der Waals surface area contributed by atoms with E-state index in [1.807, 2.05) is 0 Å². The second kappa shape index (κ2) is 1.95. The molecule has 0 aliphatic carbocycles. The SMILES string of the molecule is SC1=C2N=CN=C2[N]C=N1. The van der Waals surface area contributed by atoms with Gasteiger partial charge in [0, 0.05) is 0 Å². The molecule has 2 aliphatic rings. The van der Waals surface area contributed by atoms with Crippen LogP contribution in [0, 0.1) is 0 Å². The molecule has 0 aromatic rings. The Morgan fingerprint density at radius 1 is 1.20 bits per heavy atom. The minimum atomic E-state index is 0.572. The first kappa shape index (κ1) is 5.67. The smallest absolute Gasteiger partial charge is 0.183 e. The standard InChI is InChI=1S/C5H3N4S/c10-5-3-4(7-1-6-3)8-2-9-5/h1-2,10H. The van der Waals surface area contributed by atoms with E-state index in [0.717, 1.165) is 0 Å². The van der Waals surface area contributed by atoms with E-state index in [2.05, 4.69) is 32.9 Å². The van der Waals surface area contributed by atoms with Crippen molar-refractivity contribution in [2.75, 3.05) is 0 Å². The molecular weight excluding hydrogens is 148 g/mol. The number of nitrogens with zero attached hydrogens (tertiary/aromatic N) is 4. The van der Waals surface area contributed by atoms with Crippen LogP contribution in [0.3, 0.4) is 0 Å².